The fraction of sp³-hybridized carbons (Fsp3) is 0.529. The van der Waals surface area contributed by atoms with Gasteiger partial charge < -0.3 is 15.0 Å². The molecule has 26 heavy (non-hydrogen) atoms. The number of aliphatic carboxylic acids is 1. The minimum absolute atomic E-state index is 0.144. The molecule has 0 radical (unpaired) electrons. The number of fused-ring (bicyclic) bond motifs is 1. The van der Waals surface area contributed by atoms with Gasteiger partial charge in [-0.25, -0.2) is 4.98 Å². The summed E-state index contributed by atoms with van der Waals surface area (Å²) < 4.78 is 0. The number of carboxylic acid groups (broad SMARTS) is 1. The minimum atomic E-state index is -0.929. The molecule has 0 spiro atoms. The summed E-state index contributed by atoms with van der Waals surface area (Å²) in [6, 6.07) is 0. The topological polar surface area (TPSA) is 103 Å². The smallest absolute Gasteiger partial charge is 0.308 e. The molecule has 0 saturated carbocycles. The van der Waals surface area contributed by atoms with E-state index >= 15 is 0 Å². The predicted molar refractivity (Wildman–Crippen MR) is 105 cm³/mol. The maximum absolute atomic E-state index is 12.4. The third-order valence-electron chi connectivity index (χ3n) is 4.25. The highest BCUT2D eigenvalue weighted by atomic mass is 32.2. The van der Waals surface area contributed by atoms with Crippen LogP contribution in [0, 0.1) is 19.8 Å². The van der Waals surface area contributed by atoms with Crippen molar-refractivity contribution in [1.29, 1.82) is 0 Å². The number of carbonyl (C=O) groups is 2. The predicted octanol–water partition coefficient (Wildman–Crippen LogP) is 2.40. The van der Waals surface area contributed by atoms with Crippen molar-refractivity contribution in [3.63, 3.8) is 0 Å². The third kappa shape index (κ3) is 4.45. The number of carboxylic acids is 1. The Hall–Kier alpha value is -1.87. The van der Waals surface area contributed by atoms with Gasteiger partial charge in [-0.1, -0.05) is 6.92 Å². The van der Waals surface area contributed by atoms with E-state index in [-0.39, 0.29) is 23.3 Å². The Labute approximate surface area is 159 Å². The number of thioether (sulfide) groups is 1. The number of nitrogens with one attached hydrogen (secondary N) is 1. The van der Waals surface area contributed by atoms with Crippen LogP contribution in [0.15, 0.2) is 4.79 Å². The molecule has 2 N–H and O–H groups in total. The van der Waals surface area contributed by atoms with Crippen LogP contribution < -0.4 is 5.56 Å². The van der Waals surface area contributed by atoms with Crippen LogP contribution in [0.2, 0.25) is 0 Å². The van der Waals surface area contributed by atoms with Gasteiger partial charge in [0.25, 0.3) is 5.56 Å². The molecule has 9 heteroatoms. The standard InChI is InChI=1S/C17H23N3O4S2/c1-8(17(23)24)6-20(5)16(22)11(4)25-7-12-18-14(21)13-9(2)10(3)26-15(13)19-12/h8,11H,6-7H2,1-5H3,(H,23,24)(H,18,19,21). The van der Waals surface area contributed by atoms with Crippen LogP contribution in [0.5, 0.6) is 0 Å². The second kappa shape index (κ2) is 8.22. The van der Waals surface area contributed by atoms with Crippen molar-refractivity contribution in [3.8, 4) is 0 Å². The first-order valence-corrected chi connectivity index (χ1v) is 10.1. The van der Waals surface area contributed by atoms with E-state index in [1.807, 2.05) is 13.8 Å². The number of carbonyl (C=O) groups excluding carboxylic acids is 1. The molecule has 2 rings (SSSR count). The Kier molecular flexibility index (Phi) is 6.46. The molecule has 0 aliphatic carbocycles. The zero-order valence-electron chi connectivity index (χ0n) is 15.5. The van der Waals surface area contributed by atoms with E-state index in [9.17, 15) is 14.4 Å². The lowest BCUT2D eigenvalue weighted by Gasteiger charge is -2.22. The molecule has 0 fully saturated rings. The van der Waals surface area contributed by atoms with E-state index in [1.165, 1.54) is 28.0 Å². The van der Waals surface area contributed by atoms with E-state index in [0.717, 1.165) is 10.4 Å². The highest BCUT2D eigenvalue weighted by molar-refractivity contribution is 7.99. The Morgan fingerprint density at radius 2 is 2.00 bits per heavy atom. The monoisotopic (exact) mass is 397 g/mol. The van der Waals surface area contributed by atoms with Crippen molar-refractivity contribution in [2.24, 2.45) is 5.92 Å². The van der Waals surface area contributed by atoms with Crippen LogP contribution in [0.1, 0.15) is 30.1 Å². The lowest BCUT2D eigenvalue weighted by molar-refractivity contribution is -0.142. The highest BCUT2D eigenvalue weighted by Crippen LogP contribution is 2.26. The van der Waals surface area contributed by atoms with E-state index in [1.54, 1.807) is 20.9 Å². The highest BCUT2D eigenvalue weighted by Gasteiger charge is 2.22. The molecule has 2 aromatic rings. The normalized spacial score (nSPS) is 13.6. The summed E-state index contributed by atoms with van der Waals surface area (Å²) in [7, 11) is 1.60. The van der Waals surface area contributed by atoms with Crippen molar-refractivity contribution in [2.75, 3.05) is 13.6 Å². The van der Waals surface area contributed by atoms with Gasteiger partial charge in [0.1, 0.15) is 10.7 Å². The van der Waals surface area contributed by atoms with Crippen LogP contribution in [0.25, 0.3) is 10.2 Å². The van der Waals surface area contributed by atoms with Crippen LogP contribution in [0.3, 0.4) is 0 Å². The summed E-state index contributed by atoms with van der Waals surface area (Å²) in [5.74, 6) is -0.756. The average Bonchev–Trinajstić information content (AvgIpc) is 2.86. The Morgan fingerprint density at radius 3 is 2.62 bits per heavy atom. The second-order valence-corrected chi connectivity index (χ2v) is 8.92. The first kappa shape index (κ1) is 20.4. The molecule has 0 bridgehead atoms. The van der Waals surface area contributed by atoms with Gasteiger partial charge in [0.05, 0.1) is 22.3 Å². The quantitative estimate of drug-likeness (QED) is 0.744. The van der Waals surface area contributed by atoms with Gasteiger partial charge in [-0.3, -0.25) is 14.4 Å². The maximum atomic E-state index is 12.4. The third-order valence-corrected chi connectivity index (χ3v) is 6.49. The fourth-order valence-electron chi connectivity index (χ4n) is 2.53. The number of nitrogens with zero attached hydrogens (tertiary/aromatic N) is 2. The van der Waals surface area contributed by atoms with Gasteiger partial charge in [-0.15, -0.1) is 23.1 Å². The molecular weight excluding hydrogens is 374 g/mol. The molecule has 0 aliphatic heterocycles. The van der Waals surface area contributed by atoms with Crippen molar-refractivity contribution in [1.82, 2.24) is 14.9 Å². The lowest BCUT2D eigenvalue weighted by Crippen LogP contribution is -2.38. The first-order valence-electron chi connectivity index (χ1n) is 8.20. The van der Waals surface area contributed by atoms with Crippen LogP contribution >= 0.6 is 23.1 Å². The summed E-state index contributed by atoms with van der Waals surface area (Å²) >= 11 is 2.85. The zero-order chi connectivity index (χ0) is 19.6. The number of aryl methyl sites for hydroxylation is 2. The number of aromatic amines is 1. The molecule has 0 aromatic carbocycles. The molecule has 2 unspecified atom stereocenters. The minimum Gasteiger partial charge on any atom is -0.481 e. The number of amides is 1. The summed E-state index contributed by atoms with van der Waals surface area (Å²) in [5.41, 5.74) is 0.800. The average molecular weight is 398 g/mol. The largest absolute Gasteiger partial charge is 0.481 e. The van der Waals surface area contributed by atoms with Gasteiger partial charge in [0.2, 0.25) is 5.91 Å². The molecule has 0 saturated heterocycles. The van der Waals surface area contributed by atoms with Gasteiger partial charge >= 0.3 is 5.97 Å². The number of thiophene rings is 1. The maximum Gasteiger partial charge on any atom is 0.308 e. The Balaban J connectivity index is 2.04. The second-order valence-electron chi connectivity index (χ2n) is 6.39. The zero-order valence-corrected chi connectivity index (χ0v) is 17.1. The first-order chi connectivity index (χ1) is 12.1. The summed E-state index contributed by atoms with van der Waals surface area (Å²) in [6.45, 7) is 7.37. The SMILES string of the molecule is Cc1sc2nc(CSC(C)C(=O)N(C)CC(C)C(=O)O)[nH]c(=O)c2c1C. The summed E-state index contributed by atoms with van der Waals surface area (Å²) in [5, 5.41) is 9.22. The molecule has 0 aliphatic rings. The molecule has 1 amide bonds. The van der Waals surface area contributed by atoms with Crippen LogP contribution in [-0.4, -0.2) is 50.7 Å². The number of rotatable bonds is 7. The van der Waals surface area contributed by atoms with Gasteiger partial charge in [0, 0.05) is 18.5 Å². The van der Waals surface area contributed by atoms with Crippen LogP contribution in [-0.2, 0) is 15.3 Å². The summed E-state index contributed by atoms with van der Waals surface area (Å²) in [4.78, 5) is 46.1. The Morgan fingerprint density at radius 1 is 1.35 bits per heavy atom. The Bertz CT molecular complexity index is 890. The van der Waals surface area contributed by atoms with Crippen molar-refractivity contribution in [2.45, 2.75) is 38.7 Å². The lowest BCUT2D eigenvalue weighted by atomic mass is 10.2. The molecule has 2 atom stereocenters. The number of H-pyrrole nitrogens is 1. The number of aromatic nitrogens is 2. The molecule has 7 nitrogen and oxygen atoms in total. The molecular formula is C17H23N3O4S2. The van der Waals surface area contributed by atoms with Crippen molar-refractivity contribution in [3.05, 3.63) is 26.6 Å². The molecule has 2 heterocycles. The summed E-state index contributed by atoms with van der Waals surface area (Å²) in [6.07, 6.45) is 0. The van der Waals surface area contributed by atoms with E-state index in [0.29, 0.717) is 21.8 Å². The molecule has 142 valence electrons. The van der Waals surface area contributed by atoms with E-state index in [2.05, 4.69) is 9.97 Å². The van der Waals surface area contributed by atoms with Gasteiger partial charge in [-0.2, -0.15) is 0 Å². The van der Waals surface area contributed by atoms with Crippen LogP contribution in [0.4, 0.5) is 0 Å². The van der Waals surface area contributed by atoms with Crippen molar-refractivity contribution >= 4 is 45.2 Å². The van der Waals surface area contributed by atoms with E-state index in [4.69, 9.17) is 5.11 Å². The van der Waals surface area contributed by atoms with Gasteiger partial charge in [-0.05, 0) is 26.3 Å². The number of hydrogen-bond donors (Lipinski definition) is 2. The molecule has 2 aromatic heterocycles. The fourth-order valence-corrected chi connectivity index (χ4v) is 4.45. The van der Waals surface area contributed by atoms with Gasteiger partial charge in [0.15, 0.2) is 0 Å². The number of hydrogen-bond acceptors (Lipinski definition) is 6. The van der Waals surface area contributed by atoms with E-state index < -0.39 is 11.9 Å². The van der Waals surface area contributed by atoms with Crippen molar-refractivity contribution < 1.29 is 14.7 Å².